The summed E-state index contributed by atoms with van der Waals surface area (Å²) >= 11 is 0. The third kappa shape index (κ3) is 4.01. The highest BCUT2D eigenvalue weighted by Gasteiger charge is 2.26. The molecule has 1 aliphatic rings. The highest BCUT2D eigenvalue weighted by molar-refractivity contribution is 5.32. The minimum Gasteiger partial charge on any atom is -0.297 e. The van der Waals surface area contributed by atoms with Gasteiger partial charge < -0.3 is 0 Å². The van der Waals surface area contributed by atoms with E-state index in [-0.39, 0.29) is 0 Å². The lowest BCUT2D eigenvalue weighted by molar-refractivity contribution is 0.105. The van der Waals surface area contributed by atoms with E-state index in [2.05, 4.69) is 87.6 Å². The molecule has 1 fully saturated rings. The van der Waals surface area contributed by atoms with Crippen LogP contribution in [-0.4, -0.2) is 41.0 Å². The second-order valence-electron chi connectivity index (χ2n) is 6.89. The molecule has 1 saturated heterocycles. The minimum absolute atomic E-state index is 0.334. The van der Waals surface area contributed by atoms with E-state index in [4.69, 9.17) is 0 Å². The predicted octanol–water partition coefficient (Wildman–Crippen LogP) is 3.99. The fraction of sp³-hybridized carbons (Fsp3) is 0.261. The summed E-state index contributed by atoms with van der Waals surface area (Å²) < 4.78 is 0. The first kappa shape index (κ1) is 17.0. The summed E-state index contributed by atoms with van der Waals surface area (Å²) in [4.78, 5) is 9.27. The van der Waals surface area contributed by atoms with Gasteiger partial charge in [-0.15, -0.1) is 0 Å². The molecule has 3 nitrogen and oxygen atoms in total. The average molecular weight is 343 g/mol. The van der Waals surface area contributed by atoms with Crippen LogP contribution in [0, 0.1) is 0 Å². The Morgan fingerprint density at radius 1 is 0.692 bits per heavy atom. The van der Waals surface area contributed by atoms with Gasteiger partial charge in [0.05, 0.1) is 6.04 Å². The Hall–Kier alpha value is -2.49. The molecule has 0 amide bonds. The summed E-state index contributed by atoms with van der Waals surface area (Å²) in [5.74, 6) is 0. The van der Waals surface area contributed by atoms with Crippen molar-refractivity contribution in [1.29, 1.82) is 0 Å². The molecule has 0 unspecified atom stereocenters. The molecule has 132 valence electrons. The fourth-order valence-electron chi connectivity index (χ4n) is 3.81. The summed E-state index contributed by atoms with van der Waals surface area (Å²) in [7, 11) is 0. The van der Waals surface area contributed by atoms with Crippen LogP contribution in [-0.2, 0) is 6.54 Å². The van der Waals surface area contributed by atoms with E-state index in [0.29, 0.717) is 6.04 Å². The Balaban J connectivity index is 1.48. The van der Waals surface area contributed by atoms with Gasteiger partial charge in [0, 0.05) is 45.1 Å². The van der Waals surface area contributed by atoms with Gasteiger partial charge in [-0.3, -0.25) is 14.8 Å². The molecule has 2 aromatic carbocycles. The van der Waals surface area contributed by atoms with Crippen molar-refractivity contribution in [1.82, 2.24) is 14.8 Å². The van der Waals surface area contributed by atoms with E-state index < -0.39 is 0 Å². The van der Waals surface area contributed by atoms with Crippen LogP contribution in [0.1, 0.15) is 22.7 Å². The standard InChI is InChI=1S/C23H25N3/c1-3-7-21(8-4-1)23(22-9-5-2-6-10-22)26-17-15-25(16-18-26)19-20-11-13-24-14-12-20/h1-14,23H,15-19H2. The lowest BCUT2D eigenvalue weighted by atomic mass is 9.96. The quantitative estimate of drug-likeness (QED) is 0.698. The van der Waals surface area contributed by atoms with Gasteiger partial charge in [-0.25, -0.2) is 0 Å². The van der Waals surface area contributed by atoms with E-state index in [1.54, 1.807) is 0 Å². The fourth-order valence-corrected chi connectivity index (χ4v) is 3.81. The number of piperazine rings is 1. The van der Waals surface area contributed by atoms with Crippen molar-refractivity contribution >= 4 is 0 Å². The molecular weight excluding hydrogens is 318 g/mol. The van der Waals surface area contributed by atoms with Crippen LogP contribution in [0.4, 0.5) is 0 Å². The molecule has 0 N–H and O–H groups in total. The Morgan fingerprint density at radius 3 is 1.77 bits per heavy atom. The lowest BCUT2D eigenvalue weighted by Crippen LogP contribution is -2.47. The number of hydrogen-bond acceptors (Lipinski definition) is 3. The first-order valence-electron chi connectivity index (χ1n) is 9.35. The van der Waals surface area contributed by atoms with Gasteiger partial charge in [0.15, 0.2) is 0 Å². The molecule has 3 heteroatoms. The molecule has 0 atom stereocenters. The van der Waals surface area contributed by atoms with Crippen LogP contribution in [0.2, 0.25) is 0 Å². The van der Waals surface area contributed by atoms with Crippen molar-refractivity contribution in [2.24, 2.45) is 0 Å². The van der Waals surface area contributed by atoms with Crippen LogP contribution >= 0.6 is 0 Å². The van der Waals surface area contributed by atoms with E-state index in [1.165, 1.54) is 16.7 Å². The SMILES string of the molecule is c1ccc(C(c2ccccc2)N2CCN(Cc3ccncc3)CC2)cc1. The number of rotatable bonds is 5. The van der Waals surface area contributed by atoms with Crippen LogP contribution in [0.5, 0.6) is 0 Å². The third-order valence-corrected chi connectivity index (χ3v) is 5.16. The number of benzene rings is 2. The monoisotopic (exact) mass is 343 g/mol. The van der Waals surface area contributed by atoms with Gasteiger partial charge in [0.1, 0.15) is 0 Å². The zero-order chi connectivity index (χ0) is 17.6. The summed E-state index contributed by atoms with van der Waals surface area (Å²) in [6, 6.07) is 26.3. The van der Waals surface area contributed by atoms with Crippen molar-refractivity contribution in [3.8, 4) is 0 Å². The smallest absolute Gasteiger partial charge is 0.0602 e. The molecule has 1 aromatic heterocycles. The van der Waals surface area contributed by atoms with Gasteiger partial charge in [-0.1, -0.05) is 60.7 Å². The van der Waals surface area contributed by atoms with Crippen LogP contribution in [0.15, 0.2) is 85.2 Å². The Kier molecular flexibility index (Phi) is 5.38. The third-order valence-electron chi connectivity index (χ3n) is 5.16. The lowest BCUT2D eigenvalue weighted by Gasteiger charge is -2.39. The number of aromatic nitrogens is 1. The van der Waals surface area contributed by atoms with Crippen molar-refractivity contribution in [2.45, 2.75) is 12.6 Å². The molecule has 0 aliphatic carbocycles. The zero-order valence-electron chi connectivity index (χ0n) is 15.0. The molecule has 0 saturated carbocycles. The van der Waals surface area contributed by atoms with Gasteiger partial charge >= 0.3 is 0 Å². The molecule has 4 rings (SSSR count). The van der Waals surface area contributed by atoms with Crippen molar-refractivity contribution in [3.05, 3.63) is 102 Å². The second-order valence-corrected chi connectivity index (χ2v) is 6.89. The van der Waals surface area contributed by atoms with E-state index in [1.807, 2.05) is 12.4 Å². The topological polar surface area (TPSA) is 19.4 Å². The van der Waals surface area contributed by atoms with Crippen LogP contribution < -0.4 is 0 Å². The largest absolute Gasteiger partial charge is 0.297 e. The first-order valence-corrected chi connectivity index (χ1v) is 9.35. The molecule has 0 bridgehead atoms. The number of nitrogens with zero attached hydrogens (tertiary/aromatic N) is 3. The molecule has 3 aromatic rings. The highest BCUT2D eigenvalue weighted by atomic mass is 15.3. The van der Waals surface area contributed by atoms with E-state index in [9.17, 15) is 0 Å². The molecule has 2 heterocycles. The number of pyridine rings is 1. The Labute approximate surface area is 155 Å². The van der Waals surface area contributed by atoms with E-state index in [0.717, 1.165) is 32.7 Å². The molecular formula is C23H25N3. The van der Waals surface area contributed by atoms with E-state index >= 15 is 0 Å². The molecule has 26 heavy (non-hydrogen) atoms. The summed E-state index contributed by atoms with van der Waals surface area (Å²) in [6.45, 7) is 5.37. The van der Waals surface area contributed by atoms with Gasteiger partial charge in [0.25, 0.3) is 0 Å². The summed E-state index contributed by atoms with van der Waals surface area (Å²) in [5.41, 5.74) is 4.10. The van der Waals surface area contributed by atoms with Gasteiger partial charge in [-0.05, 0) is 28.8 Å². The average Bonchev–Trinajstić information content (AvgIpc) is 2.72. The van der Waals surface area contributed by atoms with Gasteiger partial charge in [0.2, 0.25) is 0 Å². The second kappa shape index (κ2) is 8.26. The van der Waals surface area contributed by atoms with Crippen LogP contribution in [0.3, 0.4) is 0 Å². The Bertz CT molecular complexity index is 742. The minimum atomic E-state index is 0.334. The predicted molar refractivity (Wildman–Crippen MR) is 106 cm³/mol. The normalized spacial score (nSPS) is 16.0. The maximum atomic E-state index is 4.11. The maximum Gasteiger partial charge on any atom is 0.0602 e. The first-order chi connectivity index (χ1) is 12.9. The molecule has 0 radical (unpaired) electrons. The summed E-state index contributed by atoms with van der Waals surface area (Å²) in [6.07, 6.45) is 3.76. The Morgan fingerprint density at radius 2 is 1.23 bits per heavy atom. The van der Waals surface area contributed by atoms with Crippen LogP contribution in [0.25, 0.3) is 0 Å². The van der Waals surface area contributed by atoms with Crippen molar-refractivity contribution in [2.75, 3.05) is 26.2 Å². The molecule has 1 aliphatic heterocycles. The van der Waals surface area contributed by atoms with Crippen molar-refractivity contribution < 1.29 is 0 Å². The van der Waals surface area contributed by atoms with Gasteiger partial charge in [-0.2, -0.15) is 0 Å². The molecule has 0 spiro atoms. The zero-order valence-corrected chi connectivity index (χ0v) is 15.0. The maximum absolute atomic E-state index is 4.11. The van der Waals surface area contributed by atoms with Crippen molar-refractivity contribution in [3.63, 3.8) is 0 Å². The highest BCUT2D eigenvalue weighted by Crippen LogP contribution is 2.29. The summed E-state index contributed by atoms with van der Waals surface area (Å²) in [5, 5.41) is 0. The number of hydrogen-bond donors (Lipinski definition) is 0.